The number of aromatic nitrogens is 1. The zero-order valence-corrected chi connectivity index (χ0v) is 12.0. The molecule has 0 aliphatic heterocycles. The number of pyridine rings is 1. The normalized spacial score (nSPS) is 16.0. The Labute approximate surface area is 125 Å². The Morgan fingerprint density at radius 3 is 2.90 bits per heavy atom. The van der Waals surface area contributed by atoms with Crippen molar-refractivity contribution >= 4 is 5.91 Å². The summed E-state index contributed by atoms with van der Waals surface area (Å²) in [5, 5.41) is 15.0. The number of hydrogen-bond donors (Lipinski definition) is 2. The van der Waals surface area contributed by atoms with Gasteiger partial charge in [-0.25, -0.2) is 0 Å². The number of amides is 1. The molecule has 0 saturated heterocycles. The molecule has 0 spiro atoms. The lowest BCUT2D eigenvalue weighted by molar-refractivity contribution is -0.117. The van der Waals surface area contributed by atoms with Gasteiger partial charge in [-0.2, -0.15) is 5.26 Å². The second-order valence-corrected chi connectivity index (χ2v) is 5.22. The van der Waals surface area contributed by atoms with Crippen LogP contribution in [0.4, 0.5) is 0 Å². The van der Waals surface area contributed by atoms with Gasteiger partial charge in [-0.15, -0.1) is 0 Å². The van der Waals surface area contributed by atoms with Crippen LogP contribution in [0, 0.1) is 11.3 Å². The predicted molar refractivity (Wildman–Crippen MR) is 79.8 cm³/mol. The molecule has 2 rings (SSSR count). The number of carbonyl (C=O) groups excluding carboxylic acids is 1. The maximum absolute atomic E-state index is 12.0. The van der Waals surface area contributed by atoms with Gasteiger partial charge in [-0.3, -0.25) is 9.78 Å². The van der Waals surface area contributed by atoms with Crippen molar-refractivity contribution in [2.45, 2.75) is 44.7 Å². The van der Waals surface area contributed by atoms with Gasteiger partial charge >= 0.3 is 0 Å². The van der Waals surface area contributed by atoms with E-state index in [9.17, 15) is 4.79 Å². The largest absolute Gasteiger partial charge is 0.387 e. The highest BCUT2D eigenvalue weighted by Gasteiger charge is 2.13. The fourth-order valence-electron chi connectivity index (χ4n) is 2.40. The molecule has 110 valence electrons. The molecule has 2 N–H and O–H groups in total. The molecule has 5 heteroatoms. The van der Waals surface area contributed by atoms with Gasteiger partial charge in [0.2, 0.25) is 0 Å². The minimum absolute atomic E-state index is 0.115. The van der Waals surface area contributed by atoms with Gasteiger partial charge in [0.25, 0.3) is 5.91 Å². The molecule has 1 aromatic heterocycles. The first-order valence-electron chi connectivity index (χ1n) is 7.33. The van der Waals surface area contributed by atoms with Gasteiger partial charge in [0.05, 0.1) is 0 Å². The van der Waals surface area contributed by atoms with Crippen molar-refractivity contribution in [1.82, 2.24) is 15.6 Å². The fourth-order valence-corrected chi connectivity index (χ4v) is 2.40. The molecule has 5 nitrogen and oxygen atoms in total. The Morgan fingerprint density at radius 1 is 1.43 bits per heavy atom. The molecule has 0 radical (unpaired) electrons. The first-order valence-corrected chi connectivity index (χ1v) is 7.33. The number of nitriles is 1. The van der Waals surface area contributed by atoms with Crippen molar-refractivity contribution in [1.29, 1.82) is 5.26 Å². The van der Waals surface area contributed by atoms with Crippen LogP contribution in [-0.2, 0) is 11.3 Å². The van der Waals surface area contributed by atoms with Crippen molar-refractivity contribution in [3.8, 4) is 6.07 Å². The summed E-state index contributed by atoms with van der Waals surface area (Å²) >= 11 is 0. The van der Waals surface area contributed by atoms with Gasteiger partial charge in [0, 0.05) is 31.2 Å². The van der Waals surface area contributed by atoms with Gasteiger partial charge in [0.15, 0.2) is 0 Å². The highest BCUT2D eigenvalue weighted by atomic mass is 16.1. The van der Waals surface area contributed by atoms with Crippen LogP contribution >= 0.6 is 0 Å². The minimum Gasteiger partial charge on any atom is -0.387 e. The molecule has 1 aliphatic carbocycles. The summed E-state index contributed by atoms with van der Waals surface area (Å²) in [5.74, 6) is -0.357. The minimum atomic E-state index is -0.357. The third-order valence-corrected chi connectivity index (χ3v) is 3.61. The molecule has 1 saturated carbocycles. The van der Waals surface area contributed by atoms with Crippen LogP contribution in [0.2, 0.25) is 0 Å². The zero-order valence-electron chi connectivity index (χ0n) is 12.0. The first kappa shape index (κ1) is 15.0. The van der Waals surface area contributed by atoms with Gasteiger partial charge < -0.3 is 10.6 Å². The quantitative estimate of drug-likeness (QED) is 0.640. The van der Waals surface area contributed by atoms with E-state index < -0.39 is 0 Å². The lowest BCUT2D eigenvalue weighted by Crippen LogP contribution is -2.29. The average molecular weight is 284 g/mol. The molecule has 1 aromatic rings. The monoisotopic (exact) mass is 284 g/mol. The summed E-state index contributed by atoms with van der Waals surface area (Å²) in [6, 6.07) is 6.02. The van der Waals surface area contributed by atoms with Crippen LogP contribution in [0.25, 0.3) is 0 Å². The fraction of sp³-hybridized carbons (Fsp3) is 0.438. The Hall–Kier alpha value is -2.35. The molecule has 21 heavy (non-hydrogen) atoms. The Bertz CT molecular complexity index is 527. The number of carbonyl (C=O) groups is 1. The second-order valence-electron chi connectivity index (χ2n) is 5.22. The Balaban J connectivity index is 1.84. The summed E-state index contributed by atoms with van der Waals surface area (Å²) < 4.78 is 0. The molecule has 0 unspecified atom stereocenters. The van der Waals surface area contributed by atoms with Crippen LogP contribution in [0.5, 0.6) is 0 Å². The van der Waals surface area contributed by atoms with E-state index in [1.807, 2.05) is 18.2 Å². The Kier molecular flexibility index (Phi) is 5.77. The van der Waals surface area contributed by atoms with Gasteiger partial charge in [0.1, 0.15) is 11.6 Å². The lowest BCUT2D eigenvalue weighted by Gasteiger charge is -2.21. The van der Waals surface area contributed by atoms with Crippen molar-refractivity contribution in [3.63, 3.8) is 0 Å². The molecule has 0 aromatic carbocycles. The summed E-state index contributed by atoms with van der Waals surface area (Å²) in [6.07, 6.45) is 10.8. The molecular formula is C16H20N4O. The van der Waals surface area contributed by atoms with E-state index in [4.69, 9.17) is 5.26 Å². The van der Waals surface area contributed by atoms with E-state index in [1.165, 1.54) is 19.3 Å². The van der Waals surface area contributed by atoms with E-state index >= 15 is 0 Å². The smallest absolute Gasteiger partial charge is 0.263 e. The standard InChI is InChI=1S/C16H20N4O/c17-9-14(12-19-15-6-2-1-3-7-15)16(21)20-11-13-5-4-8-18-10-13/h4-5,8,10,12,15,19H,1-3,6-7,11H2,(H,20,21)/b14-12-. The molecule has 1 heterocycles. The summed E-state index contributed by atoms with van der Waals surface area (Å²) in [5.41, 5.74) is 1.02. The molecule has 0 bridgehead atoms. The maximum Gasteiger partial charge on any atom is 0.263 e. The van der Waals surface area contributed by atoms with E-state index in [0.29, 0.717) is 12.6 Å². The number of hydrogen-bond acceptors (Lipinski definition) is 4. The summed E-state index contributed by atoms with van der Waals surface area (Å²) in [6.45, 7) is 0.370. The topological polar surface area (TPSA) is 77.8 Å². The molecule has 0 atom stereocenters. The third kappa shape index (κ3) is 4.92. The summed E-state index contributed by atoms with van der Waals surface area (Å²) in [7, 11) is 0. The SMILES string of the molecule is N#C/C(=C/NC1CCCCC1)C(=O)NCc1cccnc1. The molecular weight excluding hydrogens is 264 g/mol. The highest BCUT2D eigenvalue weighted by molar-refractivity contribution is 5.97. The van der Waals surface area contributed by atoms with E-state index in [0.717, 1.165) is 18.4 Å². The lowest BCUT2D eigenvalue weighted by atomic mass is 9.96. The molecule has 1 aliphatic rings. The van der Waals surface area contributed by atoms with Crippen molar-refractivity contribution < 1.29 is 4.79 Å². The summed E-state index contributed by atoms with van der Waals surface area (Å²) in [4.78, 5) is 15.9. The number of nitrogens with one attached hydrogen (secondary N) is 2. The molecule has 1 amide bonds. The van der Waals surface area contributed by atoms with Crippen LogP contribution < -0.4 is 10.6 Å². The van der Waals surface area contributed by atoms with E-state index in [-0.39, 0.29) is 11.5 Å². The van der Waals surface area contributed by atoms with E-state index in [1.54, 1.807) is 18.6 Å². The van der Waals surface area contributed by atoms with Gasteiger partial charge in [-0.05, 0) is 24.5 Å². The maximum atomic E-state index is 12.0. The Morgan fingerprint density at radius 2 is 2.24 bits per heavy atom. The zero-order chi connectivity index (χ0) is 14.9. The predicted octanol–water partition coefficient (Wildman–Crippen LogP) is 2.03. The van der Waals surface area contributed by atoms with Crippen LogP contribution in [0.1, 0.15) is 37.7 Å². The average Bonchev–Trinajstić information content (AvgIpc) is 2.55. The first-order chi connectivity index (χ1) is 10.3. The second kappa shape index (κ2) is 8.05. The highest BCUT2D eigenvalue weighted by Crippen LogP contribution is 2.17. The number of rotatable bonds is 5. The van der Waals surface area contributed by atoms with Crippen molar-refractivity contribution in [2.24, 2.45) is 0 Å². The van der Waals surface area contributed by atoms with Gasteiger partial charge in [-0.1, -0.05) is 25.3 Å². The van der Waals surface area contributed by atoms with Crippen LogP contribution in [-0.4, -0.2) is 16.9 Å². The van der Waals surface area contributed by atoms with Crippen molar-refractivity contribution in [2.75, 3.05) is 0 Å². The van der Waals surface area contributed by atoms with Crippen molar-refractivity contribution in [3.05, 3.63) is 41.9 Å². The molecule has 1 fully saturated rings. The third-order valence-electron chi connectivity index (χ3n) is 3.61. The van der Waals surface area contributed by atoms with Crippen LogP contribution in [0.15, 0.2) is 36.3 Å². The van der Waals surface area contributed by atoms with E-state index in [2.05, 4.69) is 15.6 Å². The van der Waals surface area contributed by atoms with Crippen LogP contribution in [0.3, 0.4) is 0 Å². The number of nitrogens with zero attached hydrogens (tertiary/aromatic N) is 2.